The van der Waals surface area contributed by atoms with E-state index in [-0.39, 0.29) is 6.04 Å². The first-order valence-electron chi connectivity index (χ1n) is 3.11. The zero-order valence-corrected chi connectivity index (χ0v) is 5.54. The molecule has 0 aromatic rings. The third kappa shape index (κ3) is 1.30. The second-order valence-corrected chi connectivity index (χ2v) is 2.27. The molecule has 1 heterocycles. The first kappa shape index (κ1) is 6.31. The molecule has 0 N–H and O–H groups in total. The van der Waals surface area contributed by atoms with Crippen molar-refractivity contribution in [3.05, 3.63) is 12.2 Å². The lowest BCUT2D eigenvalue weighted by molar-refractivity contribution is 0.318. The number of hydrogen-bond acceptors (Lipinski definition) is 2. The van der Waals surface area contributed by atoms with Crippen LogP contribution in [0, 0.1) is 11.3 Å². The molecule has 1 aliphatic rings. The van der Waals surface area contributed by atoms with Gasteiger partial charge in [0.15, 0.2) is 0 Å². The molecule has 1 atom stereocenters. The van der Waals surface area contributed by atoms with Crippen molar-refractivity contribution in [1.82, 2.24) is 4.90 Å². The average molecular weight is 122 g/mol. The Morgan fingerprint density at radius 2 is 2.56 bits per heavy atom. The molecule has 1 rings (SSSR count). The van der Waals surface area contributed by atoms with Gasteiger partial charge in [0.1, 0.15) is 6.04 Å². The Kier molecular flexibility index (Phi) is 1.86. The monoisotopic (exact) mass is 122 g/mol. The minimum absolute atomic E-state index is 0.0127. The smallest absolute Gasteiger partial charge is 0.116 e. The second-order valence-electron chi connectivity index (χ2n) is 2.27. The van der Waals surface area contributed by atoms with Gasteiger partial charge in [-0.05, 0) is 13.5 Å². The lowest BCUT2D eigenvalue weighted by atomic mass is 10.1. The molecular weight excluding hydrogens is 112 g/mol. The molecular formula is C7H10N2. The Morgan fingerprint density at radius 1 is 1.78 bits per heavy atom. The molecule has 1 aliphatic heterocycles. The van der Waals surface area contributed by atoms with Crippen LogP contribution >= 0.6 is 0 Å². The minimum atomic E-state index is 0.0127. The van der Waals surface area contributed by atoms with Gasteiger partial charge in [-0.1, -0.05) is 12.2 Å². The van der Waals surface area contributed by atoms with Crippen LogP contribution in [0.1, 0.15) is 6.42 Å². The van der Waals surface area contributed by atoms with E-state index in [1.807, 2.05) is 18.0 Å². The van der Waals surface area contributed by atoms with Crippen molar-refractivity contribution in [3.8, 4) is 6.07 Å². The Labute approximate surface area is 55.4 Å². The van der Waals surface area contributed by atoms with E-state index in [0.29, 0.717) is 0 Å². The van der Waals surface area contributed by atoms with Gasteiger partial charge in [-0.2, -0.15) is 5.26 Å². The molecule has 0 fully saturated rings. The van der Waals surface area contributed by atoms with Gasteiger partial charge in [-0.25, -0.2) is 0 Å². The SMILES string of the molecule is CN1CCC=C[C@@H]1C#N. The lowest BCUT2D eigenvalue weighted by Crippen LogP contribution is -2.31. The number of nitrogens with zero attached hydrogens (tertiary/aromatic N) is 2. The van der Waals surface area contributed by atoms with Crippen molar-refractivity contribution in [1.29, 1.82) is 5.26 Å². The lowest BCUT2D eigenvalue weighted by Gasteiger charge is -2.21. The summed E-state index contributed by atoms with van der Waals surface area (Å²) in [7, 11) is 1.97. The van der Waals surface area contributed by atoms with E-state index < -0.39 is 0 Å². The third-order valence-corrected chi connectivity index (χ3v) is 1.57. The Balaban J connectivity index is 2.59. The fourth-order valence-corrected chi connectivity index (χ4v) is 0.931. The summed E-state index contributed by atoms with van der Waals surface area (Å²) in [5.41, 5.74) is 0. The summed E-state index contributed by atoms with van der Waals surface area (Å²) in [5.74, 6) is 0. The van der Waals surface area contributed by atoms with Crippen molar-refractivity contribution < 1.29 is 0 Å². The summed E-state index contributed by atoms with van der Waals surface area (Å²) in [4.78, 5) is 2.04. The van der Waals surface area contributed by atoms with Crippen LogP contribution in [0.2, 0.25) is 0 Å². The molecule has 48 valence electrons. The first-order chi connectivity index (χ1) is 4.34. The molecule has 9 heavy (non-hydrogen) atoms. The highest BCUT2D eigenvalue weighted by molar-refractivity contribution is 5.09. The summed E-state index contributed by atoms with van der Waals surface area (Å²) in [6.07, 6.45) is 5.09. The summed E-state index contributed by atoms with van der Waals surface area (Å²) in [6.45, 7) is 1.01. The molecule has 0 unspecified atom stereocenters. The van der Waals surface area contributed by atoms with Gasteiger partial charge >= 0.3 is 0 Å². The van der Waals surface area contributed by atoms with Crippen molar-refractivity contribution >= 4 is 0 Å². The average Bonchev–Trinajstić information content (AvgIpc) is 1.89. The largest absolute Gasteiger partial charge is 0.288 e. The Bertz CT molecular complexity index is 155. The van der Waals surface area contributed by atoms with Crippen LogP contribution < -0.4 is 0 Å². The quantitative estimate of drug-likeness (QED) is 0.444. The summed E-state index contributed by atoms with van der Waals surface area (Å²) in [5, 5.41) is 8.52. The van der Waals surface area contributed by atoms with Crippen LogP contribution in [0.25, 0.3) is 0 Å². The molecule has 2 heteroatoms. The van der Waals surface area contributed by atoms with E-state index >= 15 is 0 Å². The van der Waals surface area contributed by atoms with Gasteiger partial charge in [0.05, 0.1) is 6.07 Å². The zero-order valence-electron chi connectivity index (χ0n) is 5.54. The van der Waals surface area contributed by atoms with Crippen molar-refractivity contribution in [2.75, 3.05) is 13.6 Å². The Morgan fingerprint density at radius 3 is 3.00 bits per heavy atom. The van der Waals surface area contributed by atoms with Gasteiger partial charge in [0.2, 0.25) is 0 Å². The number of likely N-dealkylation sites (N-methyl/N-ethyl adjacent to an activating group) is 1. The maximum absolute atomic E-state index is 8.52. The predicted molar refractivity (Wildman–Crippen MR) is 35.8 cm³/mol. The van der Waals surface area contributed by atoms with Crippen LogP contribution in [-0.4, -0.2) is 24.5 Å². The van der Waals surface area contributed by atoms with E-state index in [1.165, 1.54) is 0 Å². The maximum atomic E-state index is 8.52. The van der Waals surface area contributed by atoms with Crippen molar-refractivity contribution in [2.24, 2.45) is 0 Å². The van der Waals surface area contributed by atoms with Gasteiger partial charge in [0.25, 0.3) is 0 Å². The minimum Gasteiger partial charge on any atom is -0.288 e. The molecule has 0 aliphatic carbocycles. The normalized spacial score (nSPS) is 27.8. The first-order valence-corrected chi connectivity index (χ1v) is 3.11. The van der Waals surface area contributed by atoms with Gasteiger partial charge in [0, 0.05) is 6.54 Å². The maximum Gasteiger partial charge on any atom is 0.116 e. The third-order valence-electron chi connectivity index (χ3n) is 1.57. The van der Waals surface area contributed by atoms with E-state index in [9.17, 15) is 0 Å². The molecule has 0 spiro atoms. The highest BCUT2D eigenvalue weighted by atomic mass is 15.1. The summed E-state index contributed by atoms with van der Waals surface area (Å²) in [6, 6.07) is 2.21. The summed E-state index contributed by atoms with van der Waals surface area (Å²) < 4.78 is 0. The molecule has 0 aromatic heterocycles. The molecule has 0 saturated heterocycles. The highest BCUT2D eigenvalue weighted by Gasteiger charge is 2.11. The zero-order chi connectivity index (χ0) is 6.69. The number of rotatable bonds is 0. The number of nitriles is 1. The van der Waals surface area contributed by atoms with Crippen LogP contribution in [0.5, 0.6) is 0 Å². The van der Waals surface area contributed by atoms with Crippen molar-refractivity contribution in [2.45, 2.75) is 12.5 Å². The fourth-order valence-electron chi connectivity index (χ4n) is 0.931. The van der Waals surface area contributed by atoms with Gasteiger partial charge < -0.3 is 0 Å². The number of hydrogen-bond donors (Lipinski definition) is 0. The molecule has 0 aromatic carbocycles. The predicted octanol–water partition coefficient (Wildman–Crippen LogP) is 0.770. The summed E-state index contributed by atoms with van der Waals surface area (Å²) >= 11 is 0. The second kappa shape index (κ2) is 2.65. The molecule has 2 nitrogen and oxygen atoms in total. The Hall–Kier alpha value is -0.810. The van der Waals surface area contributed by atoms with E-state index in [2.05, 4.69) is 12.1 Å². The molecule has 0 bridgehead atoms. The van der Waals surface area contributed by atoms with Crippen LogP contribution in [0.3, 0.4) is 0 Å². The fraction of sp³-hybridized carbons (Fsp3) is 0.571. The van der Waals surface area contributed by atoms with E-state index in [0.717, 1.165) is 13.0 Å². The van der Waals surface area contributed by atoms with Crippen LogP contribution in [0.15, 0.2) is 12.2 Å². The molecule has 0 saturated carbocycles. The van der Waals surface area contributed by atoms with Crippen molar-refractivity contribution in [3.63, 3.8) is 0 Å². The topological polar surface area (TPSA) is 27.0 Å². The highest BCUT2D eigenvalue weighted by Crippen LogP contribution is 2.04. The van der Waals surface area contributed by atoms with Gasteiger partial charge in [-0.3, -0.25) is 4.90 Å². The standard InChI is InChI=1S/C7H10N2/c1-9-5-3-2-4-7(9)6-8/h2,4,7H,3,5H2,1H3/t7-/m1/s1. The van der Waals surface area contributed by atoms with E-state index in [4.69, 9.17) is 5.26 Å². The molecule has 0 radical (unpaired) electrons. The van der Waals surface area contributed by atoms with E-state index in [1.54, 1.807) is 0 Å². The molecule has 0 amide bonds. The van der Waals surface area contributed by atoms with Crippen LogP contribution in [-0.2, 0) is 0 Å². The van der Waals surface area contributed by atoms with Crippen LogP contribution in [0.4, 0.5) is 0 Å². The van der Waals surface area contributed by atoms with Gasteiger partial charge in [-0.15, -0.1) is 0 Å².